The van der Waals surface area contributed by atoms with Gasteiger partial charge in [-0.3, -0.25) is 0 Å². The molecule has 0 radical (unpaired) electrons. The third-order valence-corrected chi connectivity index (χ3v) is 4.65. The Hall–Kier alpha value is -0.160. The van der Waals surface area contributed by atoms with Crippen LogP contribution in [-0.4, -0.2) is 36.0 Å². The molecule has 3 rings (SSSR count). The van der Waals surface area contributed by atoms with Gasteiger partial charge in [0.05, 0.1) is 13.2 Å². The third kappa shape index (κ3) is 1.52. The maximum Gasteiger partial charge on any atom is 0.198 e. The maximum absolute atomic E-state index is 6.40. The lowest BCUT2D eigenvalue weighted by molar-refractivity contribution is -0.473. The molecule has 0 unspecified atom stereocenters. The van der Waals surface area contributed by atoms with Gasteiger partial charge in [0.1, 0.15) is 11.2 Å². The van der Waals surface area contributed by atoms with E-state index in [1.807, 2.05) is 0 Å². The predicted molar refractivity (Wildman–Crippen MR) is 66.2 cm³/mol. The van der Waals surface area contributed by atoms with E-state index in [9.17, 15) is 0 Å². The van der Waals surface area contributed by atoms with Crippen LogP contribution < -0.4 is 0 Å². The summed E-state index contributed by atoms with van der Waals surface area (Å²) in [6.07, 6.45) is 3.83. The Morgan fingerprint density at radius 1 is 0.667 bits per heavy atom. The molecule has 3 heterocycles. The molecular weight excluding hydrogens is 232 g/mol. The van der Waals surface area contributed by atoms with E-state index in [2.05, 4.69) is 27.7 Å². The van der Waals surface area contributed by atoms with Crippen LogP contribution in [0, 0.1) is 0 Å². The number of hydrogen-bond donors (Lipinski definition) is 0. The molecule has 3 aliphatic heterocycles. The first-order chi connectivity index (χ1) is 8.33. The molecule has 104 valence electrons. The summed E-state index contributed by atoms with van der Waals surface area (Å²) >= 11 is 0. The fourth-order valence-electron chi connectivity index (χ4n) is 3.56. The standard InChI is InChI=1S/C14H24O4/c1-11(2)13(7-5-9-15-13)18-12(3,4)14(17-11)8-6-10-16-14/h5-10H2,1-4H3/t13-,14+. The third-order valence-electron chi connectivity index (χ3n) is 4.65. The molecule has 0 saturated carbocycles. The van der Waals surface area contributed by atoms with Gasteiger partial charge in [-0.15, -0.1) is 0 Å². The number of hydrogen-bond acceptors (Lipinski definition) is 4. The van der Waals surface area contributed by atoms with Crippen molar-refractivity contribution >= 4 is 0 Å². The summed E-state index contributed by atoms with van der Waals surface area (Å²) in [5.74, 6) is -1.23. The van der Waals surface area contributed by atoms with Crippen molar-refractivity contribution < 1.29 is 18.9 Å². The van der Waals surface area contributed by atoms with Crippen molar-refractivity contribution in [1.29, 1.82) is 0 Å². The predicted octanol–water partition coefficient (Wildman–Crippen LogP) is 2.60. The number of ether oxygens (including phenoxy) is 4. The van der Waals surface area contributed by atoms with Crippen molar-refractivity contribution in [2.75, 3.05) is 13.2 Å². The molecule has 2 spiro atoms. The smallest absolute Gasteiger partial charge is 0.198 e. The molecule has 4 heteroatoms. The monoisotopic (exact) mass is 256 g/mol. The van der Waals surface area contributed by atoms with Crippen LogP contribution in [0.15, 0.2) is 0 Å². The van der Waals surface area contributed by atoms with E-state index in [0.29, 0.717) is 0 Å². The van der Waals surface area contributed by atoms with E-state index in [1.165, 1.54) is 0 Å². The molecule has 3 aliphatic rings. The van der Waals surface area contributed by atoms with Gasteiger partial charge in [0.25, 0.3) is 0 Å². The van der Waals surface area contributed by atoms with E-state index in [4.69, 9.17) is 18.9 Å². The van der Waals surface area contributed by atoms with Crippen LogP contribution in [0.4, 0.5) is 0 Å². The lowest BCUT2D eigenvalue weighted by atomic mass is 9.84. The molecule has 3 saturated heterocycles. The molecule has 4 nitrogen and oxygen atoms in total. The van der Waals surface area contributed by atoms with E-state index in [0.717, 1.165) is 38.9 Å². The van der Waals surface area contributed by atoms with Crippen LogP contribution in [0.5, 0.6) is 0 Å². The summed E-state index contributed by atoms with van der Waals surface area (Å²) in [5, 5.41) is 0. The van der Waals surface area contributed by atoms with Crippen LogP contribution >= 0.6 is 0 Å². The van der Waals surface area contributed by atoms with E-state index >= 15 is 0 Å². The Bertz CT molecular complexity index is 302. The minimum Gasteiger partial charge on any atom is -0.347 e. The quantitative estimate of drug-likeness (QED) is 0.667. The van der Waals surface area contributed by atoms with Gasteiger partial charge in [0.15, 0.2) is 11.6 Å². The Labute approximate surface area is 109 Å². The van der Waals surface area contributed by atoms with Gasteiger partial charge in [-0.05, 0) is 40.5 Å². The van der Waals surface area contributed by atoms with Crippen molar-refractivity contribution in [2.45, 2.75) is 76.2 Å². The van der Waals surface area contributed by atoms with E-state index < -0.39 is 22.8 Å². The minimum absolute atomic E-state index is 0.483. The zero-order chi connectivity index (χ0) is 13.1. The van der Waals surface area contributed by atoms with Crippen LogP contribution in [0.25, 0.3) is 0 Å². The van der Waals surface area contributed by atoms with Gasteiger partial charge < -0.3 is 18.9 Å². The fraction of sp³-hybridized carbons (Fsp3) is 1.00. The molecule has 2 atom stereocenters. The first kappa shape index (κ1) is 12.9. The zero-order valence-corrected chi connectivity index (χ0v) is 11.9. The zero-order valence-electron chi connectivity index (χ0n) is 11.9. The van der Waals surface area contributed by atoms with Crippen LogP contribution in [0.2, 0.25) is 0 Å². The molecule has 0 aliphatic carbocycles. The summed E-state index contributed by atoms with van der Waals surface area (Å²) in [7, 11) is 0. The minimum atomic E-state index is -0.617. The molecule has 0 bridgehead atoms. The largest absolute Gasteiger partial charge is 0.347 e. The number of rotatable bonds is 0. The molecule has 18 heavy (non-hydrogen) atoms. The highest BCUT2D eigenvalue weighted by Crippen LogP contribution is 2.54. The molecule has 0 N–H and O–H groups in total. The van der Waals surface area contributed by atoms with Crippen molar-refractivity contribution in [3.05, 3.63) is 0 Å². The van der Waals surface area contributed by atoms with Gasteiger partial charge in [0, 0.05) is 12.8 Å². The Morgan fingerprint density at radius 2 is 1.06 bits per heavy atom. The summed E-state index contributed by atoms with van der Waals surface area (Å²) in [6.45, 7) is 9.70. The highest BCUT2D eigenvalue weighted by Gasteiger charge is 2.67. The summed E-state index contributed by atoms with van der Waals surface area (Å²) in [6, 6.07) is 0. The van der Waals surface area contributed by atoms with Gasteiger partial charge in [-0.2, -0.15) is 0 Å². The Balaban J connectivity index is 1.97. The lowest BCUT2D eigenvalue weighted by Crippen LogP contribution is -2.71. The normalized spacial score (nSPS) is 46.0. The molecule has 0 aromatic rings. The first-order valence-electron chi connectivity index (χ1n) is 7.01. The molecule has 0 aromatic carbocycles. The summed E-state index contributed by atoms with van der Waals surface area (Å²) in [4.78, 5) is 0. The highest BCUT2D eigenvalue weighted by molar-refractivity contribution is 5.06. The van der Waals surface area contributed by atoms with E-state index in [1.54, 1.807) is 0 Å². The SMILES string of the molecule is CC1(C)O[C@]2(CCCO2)C(C)(C)O[C@@]12CCCO2. The topological polar surface area (TPSA) is 36.9 Å². The van der Waals surface area contributed by atoms with Gasteiger partial charge in [0.2, 0.25) is 0 Å². The second-order valence-corrected chi connectivity index (χ2v) is 6.63. The lowest BCUT2D eigenvalue weighted by Gasteiger charge is -2.59. The second-order valence-electron chi connectivity index (χ2n) is 6.63. The summed E-state index contributed by atoms with van der Waals surface area (Å²) < 4.78 is 24.7. The van der Waals surface area contributed by atoms with Crippen molar-refractivity contribution in [2.24, 2.45) is 0 Å². The molecule has 0 aromatic heterocycles. The van der Waals surface area contributed by atoms with Crippen molar-refractivity contribution in [3.63, 3.8) is 0 Å². The maximum atomic E-state index is 6.40. The Morgan fingerprint density at radius 3 is 1.33 bits per heavy atom. The van der Waals surface area contributed by atoms with Crippen LogP contribution in [0.1, 0.15) is 53.4 Å². The Kier molecular flexibility index (Phi) is 2.63. The fourth-order valence-corrected chi connectivity index (χ4v) is 3.56. The average molecular weight is 256 g/mol. The molecule has 0 amide bonds. The summed E-state index contributed by atoms with van der Waals surface area (Å²) in [5.41, 5.74) is -0.966. The van der Waals surface area contributed by atoms with Crippen molar-refractivity contribution in [3.8, 4) is 0 Å². The molecule has 3 fully saturated rings. The average Bonchev–Trinajstić information content (AvgIpc) is 2.85. The highest BCUT2D eigenvalue weighted by atomic mass is 16.8. The van der Waals surface area contributed by atoms with Gasteiger partial charge in [-0.1, -0.05) is 0 Å². The van der Waals surface area contributed by atoms with Crippen LogP contribution in [-0.2, 0) is 18.9 Å². The first-order valence-corrected chi connectivity index (χ1v) is 7.01. The second kappa shape index (κ2) is 3.69. The van der Waals surface area contributed by atoms with E-state index in [-0.39, 0.29) is 0 Å². The van der Waals surface area contributed by atoms with Gasteiger partial charge >= 0.3 is 0 Å². The van der Waals surface area contributed by atoms with Crippen molar-refractivity contribution in [1.82, 2.24) is 0 Å². The van der Waals surface area contributed by atoms with Gasteiger partial charge in [-0.25, -0.2) is 0 Å². The van der Waals surface area contributed by atoms with Crippen LogP contribution in [0.3, 0.4) is 0 Å². The molecular formula is C14H24O4.